The molecular formula is C66H130N6O20. The zero-order valence-corrected chi connectivity index (χ0v) is 60.7. The maximum atomic E-state index is 10.1. The van der Waals surface area contributed by atoms with Gasteiger partial charge in [0.05, 0.1) is 115 Å². The quantitative estimate of drug-likeness (QED) is 0.0966. The van der Waals surface area contributed by atoms with Gasteiger partial charge in [0, 0.05) is 127 Å². The van der Waals surface area contributed by atoms with Crippen molar-refractivity contribution in [1.82, 2.24) is 0 Å². The summed E-state index contributed by atoms with van der Waals surface area (Å²) in [7, 11) is 0. The Morgan fingerprint density at radius 3 is 0.402 bits per heavy atom. The number of hydrogen-bond donors (Lipinski definition) is 14. The molecule has 6 rings (SSSR count). The van der Waals surface area contributed by atoms with E-state index in [4.69, 9.17) is 10.2 Å². The molecule has 0 saturated carbocycles. The topological polar surface area (TPSA) is 502 Å². The van der Waals surface area contributed by atoms with E-state index in [2.05, 4.69) is 198 Å². The van der Waals surface area contributed by atoms with Crippen LogP contribution in [0.15, 0.2) is 0 Å². The standard InChI is InChI=1S/6C9H19NO.2C6H8O7/c6*1-8(2)5-7(11)6-9(3,4)10-8;2*7-3(8)1-6(13,5(11)12)2-4(9)10/h6*7,10-11H,5-6H2,1-4H3;2*13H,1-2H2,(H,7,8)(H,9,10)(H,11,12). The fraction of sp³-hybridized carbons (Fsp3) is 0.909. The molecule has 0 bridgehead atoms. The minimum absolute atomic E-state index is 0.106. The van der Waals surface area contributed by atoms with Gasteiger partial charge in [-0.3, -0.25) is 0 Å². The van der Waals surface area contributed by atoms with Crippen LogP contribution in [-0.2, 0) is 28.8 Å². The van der Waals surface area contributed by atoms with Gasteiger partial charge in [-0.1, -0.05) is 0 Å². The predicted molar refractivity (Wildman–Crippen MR) is 330 cm³/mol. The smallest absolute Gasteiger partial charge is 0.114 e. The third-order valence-corrected chi connectivity index (χ3v) is 16.3. The number of aliphatic hydroxyl groups excluding tert-OH is 6. The Morgan fingerprint density at radius 1 is 0.261 bits per heavy atom. The lowest BCUT2D eigenvalue weighted by molar-refractivity contribution is -0.790. The molecule has 6 aliphatic rings. The first-order valence-corrected chi connectivity index (χ1v) is 32.4. The molecule has 20 N–H and O–H groups in total. The third kappa shape index (κ3) is 40.6. The summed E-state index contributed by atoms with van der Waals surface area (Å²) in [5, 5.41) is 149. The first-order valence-electron chi connectivity index (χ1n) is 32.4. The molecule has 6 saturated heterocycles. The van der Waals surface area contributed by atoms with E-state index >= 15 is 0 Å². The van der Waals surface area contributed by atoms with Crippen molar-refractivity contribution >= 4 is 35.8 Å². The van der Waals surface area contributed by atoms with Gasteiger partial charge in [-0.15, -0.1) is 0 Å². The number of piperidine rings is 6. The second-order valence-corrected chi connectivity index (χ2v) is 35.9. The van der Waals surface area contributed by atoms with Crippen molar-refractivity contribution in [3.8, 4) is 0 Å². The van der Waals surface area contributed by atoms with E-state index in [9.17, 15) is 90.0 Å². The number of aliphatic hydroxyl groups is 8. The van der Waals surface area contributed by atoms with Crippen LogP contribution >= 0.6 is 0 Å². The largest absolute Gasteiger partial charge is 0.550 e. The van der Waals surface area contributed by atoms with Crippen molar-refractivity contribution in [2.75, 3.05) is 0 Å². The molecule has 6 aliphatic heterocycles. The molecule has 0 amide bonds. The van der Waals surface area contributed by atoms with Crippen LogP contribution in [0.3, 0.4) is 0 Å². The first-order chi connectivity index (χ1) is 40.4. The van der Waals surface area contributed by atoms with Gasteiger partial charge in [-0.2, -0.15) is 0 Å². The Hall–Kier alpha value is -3.74. The van der Waals surface area contributed by atoms with E-state index in [1.165, 1.54) is 0 Å². The Kier molecular flexibility index (Phi) is 33.3. The Morgan fingerprint density at radius 2 is 0.348 bits per heavy atom. The van der Waals surface area contributed by atoms with Crippen LogP contribution in [0.5, 0.6) is 0 Å². The van der Waals surface area contributed by atoms with E-state index in [1.54, 1.807) is 0 Å². The lowest BCUT2D eigenvalue weighted by atomic mass is 9.81. The van der Waals surface area contributed by atoms with Crippen LogP contribution in [0.4, 0.5) is 0 Å². The van der Waals surface area contributed by atoms with E-state index in [0.29, 0.717) is 0 Å². The molecule has 0 spiro atoms. The van der Waals surface area contributed by atoms with Crippen LogP contribution in [0, 0.1) is 0 Å². The van der Waals surface area contributed by atoms with Gasteiger partial charge in [-0.25, -0.2) is 0 Å². The second kappa shape index (κ2) is 34.0. The zero-order chi connectivity index (χ0) is 73.5. The first kappa shape index (κ1) is 90.3. The number of nitrogens with two attached hydrogens (primary N) is 6. The highest BCUT2D eigenvalue weighted by atomic mass is 16.4. The molecule has 0 radical (unpaired) electrons. The molecule has 92 heavy (non-hydrogen) atoms. The molecule has 6 heterocycles. The monoisotopic (exact) mass is 1330 g/mol. The van der Waals surface area contributed by atoms with Crippen molar-refractivity contribution in [3.05, 3.63) is 0 Å². The Labute approximate surface area is 549 Å². The van der Waals surface area contributed by atoms with Crippen molar-refractivity contribution in [2.24, 2.45) is 0 Å². The van der Waals surface area contributed by atoms with Gasteiger partial charge < -0.3 is 132 Å². The minimum atomic E-state index is -2.97. The van der Waals surface area contributed by atoms with Crippen LogP contribution in [0.2, 0.25) is 0 Å². The highest BCUT2D eigenvalue weighted by Gasteiger charge is 2.46. The van der Waals surface area contributed by atoms with Crippen LogP contribution in [0.1, 0.15) is 269 Å². The molecular weight excluding hydrogens is 1200 g/mol. The fourth-order valence-corrected chi connectivity index (χ4v) is 16.1. The summed E-state index contributed by atoms with van der Waals surface area (Å²) in [5.41, 5.74) is -3.44. The number of rotatable bonds is 10. The lowest BCUT2D eigenvalue weighted by Crippen LogP contribution is -3.05. The van der Waals surface area contributed by atoms with E-state index < -0.39 is 72.7 Å². The number of hydrogen-bond acceptors (Lipinski definition) is 20. The number of carbonyl (C=O) groups excluding carboxylic acids is 6. The summed E-state index contributed by atoms with van der Waals surface area (Å²) in [6, 6.07) is 0. The van der Waals surface area contributed by atoms with E-state index in [0.717, 1.165) is 77.0 Å². The molecule has 0 aromatic rings. The van der Waals surface area contributed by atoms with Crippen LogP contribution < -0.4 is 62.5 Å². The number of carboxylic acids is 6. The molecule has 0 atom stereocenters. The highest BCUT2D eigenvalue weighted by molar-refractivity contribution is 5.86. The van der Waals surface area contributed by atoms with Gasteiger partial charge in [0.2, 0.25) is 0 Å². The summed E-state index contributed by atoms with van der Waals surface area (Å²) >= 11 is 0. The molecule has 0 aromatic heterocycles. The molecule has 0 aliphatic carbocycles. The SMILES string of the molecule is CC1(C)CC(O)CC(C)(C)[NH2+]1.CC1(C)CC(O)CC(C)(C)[NH2+]1.CC1(C)CC(O)CC(C)(C)[NH2+]1.CC1(C)CC(O)CC(C)(C)[NH2+]1.CC1(C)CC(O)CC(C)(C)[NH2+]1.CC1(C)CC(O)CC(C)(C)[NH2+]1.O=C([O-])CC(O)(CC(=O)[O-])C(=O)[O-].O=C([O-])CC(O)(CC(=O)[O-])C(=O)[O-]. The zero-order valence-electron chi connectivity index (χ0n) is 60.7. The van der Waals surface area contributed by atoms with E-state index in [-0.39, 0.29) is 103 Å². The molecule has 26 heteroatoms. The Balaban J connectivity index is 0. The fourth-order valence-electron chi connectivity index (χ4n) is 16.1. The van der Waals surface area contributed by atoms with Gasteiger partial charge >= 0.3 is 0 Å². The lowest BCUT2D eigenvalue weighted by Gasteiger charge is -2.41. The number of carboxylic acid groups (broad SMARTS) is 6. The predicted octanol–water partition coefficient (Wildman–Crippen LogP) is -8.93. The summed E-state index contributed by atoms with van der Waals surface area (Å²) in [5.74, 6) is -12.0. The summed E-state index contributed by atoms with van der Waals surface area (Å²) in [6.07, 6.45) is 4.89. The molecule has 26 nitrogen and oxygen atoms in total. The van der Waals surface area contributed by atoms with E-state index in [1.807, 2.05) is 0 Å². The van der Waals surface area contributed by atoms with Crippen molar-refractivity contribution in [1.29, 1.82) is 0 Å². The Bertz CT molecular complexity index is 1910. The van der Waals surface area contributed by atoms with Crippen LogP contribution in [-0.4, -0.2) is 191 Å². The second-order valence-electron chi connectivity index (χ2n) is 35.9. The number of quaternary nitrogens is 6. The van der Waals surface area contributed by atoms with Crippen molar-refractivity contribution < 1.29 is 132 Å². The average Bonchev–Trinajstić information content (AvgIpc) is 0.937. The van der Waals surface area contributed by atoms with Crippen molar-refractivity contribution in [3.63, 3.8) is 0 Å². The maximum absolute atomic E-state index is 10.1. The van der Waals surface area contributed by atoms with Gasteiger partial charge in [-0.05, 0) is 166 Å². The molecule has 544 valence electrons. The summed E-state index contributed by atoms with van der Waals surface area (Å²) < 4.78 is 0. The number of aliphatic carboxylic acids is 6. The minimum Gasteiger partial charge on any atom is -0.550 e. The number of carbonyl (C=O) groups is 6. The van der Waals surface area contributed by atoms with Gasteiger partial charge in [0.1, 0.15) is 11.2 Å². The van der Waals surface area contributed by atoms with Gasteiger partial charge in [0.15, 0.2) is 0 Å². The molecule has 6 fully saturated rings. The van der Waals surface area contributed by atoms with Gasteiger partial charge in [0.25, 0.3) is 0 Å². The highest BCUT2D eigenvalue weighted by Crippen LogP contribution is 2.26. The average molecular weight is 1330 g/mol. The van der Waals surface area contributed by atoms with Crippen LogP contribution in [0.25, 0.3) is 0 Å². The molecule has 0 unspecified atom stereocenters. The normalized spacial score (nSPS) is 24.8. The summed E-state index contributed by atoms with van der Waals surface area (Å²) in [6.45, 7) is 52.6. The summed E-state index contributed by atoms with van der Waals surface area (Å²) in [4.78, 5) is 60.0. The van der Waals surface area contributed by atoms with Crippen molar-refractivity contribution in [2.45, 2.75) is 383 Å². The molecule has 0 aromatic carbocycles. The third-order valence-electron chi connectivity index (χ3n) is 16.3. The maximum Gasteiger partial charge on any atom is 0.114 e.